The first-order valence-electron chi connectivity index (χ1n) is 8.18. The molecule has 4 amide bonds. The zero-order chi connectivity index (χ0) is 16.6. The summed E-state index contributed by atoms with van der Waals surface area (Å²) in [6.45, 7) is 1.02. The SMILES string of the molecule is NC(=O)[C@@H]1CCCN1C(=O)[C@@H]1CCCN1C(=O)[C@H]1CCC(=O)N1. The molecule has 3 N–H and O–H groups in total. The van der Waals surface area contributed by atoms with E-state index >= 15 is 0 Å². The predicted octanol–water partition coefficient (Wildman–Crippen LogP) is -1.27. The van der Waals surface area contributed by atoms with Crippen LogP contribution in [-0.2, 0) is 19.2 Å². The van der Waals surface area contributed by atoms with Crippen LogP contribution >= 0.6 is 0 Å². The number of hydrogen-bond acceptors (Lipinski definition) is 4. The number of amides is 4. The van der Waals surface area contributed by atoms with Gasteiger partial charge in [0.25, 0.3) is 0 Å². The van der Waals surface area contributed by atoms with E-state index < -0.39 is 24.0 Å². The van der Waals surface area contributed by atoms with Gasteiger partial charge in [-0.3, -0.25) is 19.2 Å². The van der Waals surface area contributed by atoms with Crippen LogP contribution in [0, 0.1) is 0 Å². The second-order valence-electron chi connectivity index (χ2n) is 6.44. The Kier molecular flexibility index (Phi) is 4.23. The predicted molar refractivity (Wildman–Crippen MR) is 79.8 cm³/mol. The fraction of sp³-hybridized carbons (Fsp3) is 0.733. The van der Waals surface area contributed by atoms with E-state index in [1.807, 2.05) is 0 Å². The molecule has 0 unspecified atom stereocenters. The van der Waals surface area contributed by atoms with E-state index in [-0.39, 0.29) is 17.7 Å². The number of carbonyl (C=O) groups is 4. The molecule has 0 spiro atoms. The van der Waals surface area contributed by atoms with Gasteiger partial charge in [-0.15, -0.1) is 0 Å². The third-order valence-corrected chi connectivity index (χ3v) is 4.98. The number of likely N-dealkylation sites (tertiary alicyclic amines) is 2. The molecule has 0 saturated carbocycles. The van der Waals surface area contributed by atoms with E-state index in [1.165, 1.54) is 4.90 Å². The van der Waals surface area contributed by atoms with E-state index in [4.69, 9.17) is 5.73 Å². The molecule has 3 atom stereocenters. The largest absolute Gasteiger partial charge is 0.368 e. The number of hydrogen-bond donors (Lipinski definition) is 2. The maximum Gasteiger partial charge on any atom is 0.246 e. The molecule has 126 valence electrons. The first kappa shape index (κ1) is 15.8. The Bertz CT molecular complexity index is 550. The van der Waals surface area contributed by atoms with Crippen LogP contribution in [0.3, 0.4) is 0 Å². The van der Waals surface area contributed by atoms with Crippen molar-refractivity contribution in [1.29, 1.82) is 0 Å². The van der Waals surface area contributed by atoms with Crippen molar-refractivity contribution < 1.29 is 19.2 Å². The number of primary amides is 1. The van der Waals surface area contributed by atoms with Gasteiger partial charge in [0.2, 0.25) is 23.6 Å². The van der Waals surface area contributed by atoms with Gasteiger partial charge in [0, 0.05) is 19.5 Å². The molecule has 8 nitrogen and oxygen atoms in total. The highest BCUT2D eigenvalue weighted by Crippen LogP contribution is 2.26. The van der Waals surface area contributed by atoms with Gasteiger partial charge in [-0.2, -0.15) is 0 Å². The second kappa shape index (κ2) is 6.17. The zero-order valence-corrected chi connectivity index (χ0v) is 13.0. The number of nitrogens with zero attached hydrogens (tertiary/aromatic N) is 2. The van der Waals surface area contributed by atoms with Crippen LogP contribution in [0.2, 0.25) is 0 Å². The van der Waals surface area contributed by atoms with E-state index in [2.05, 4.69) is 5.32 Å². The van der Waals surface area contributed by atoms with Gasteiger partial charge < -0.3 is 20.9 Å². The first-order chi connectivity index (χ1) is 11.0. The normalized spacial score (nSPS) is 30.6. The molecular formula is C15H22N4O4. The smallest absolute Gasteiger partial charge is 0.246 e. The molecule has 0 radical (unpaired) electrons. The van der Waals surface area contributed by atoms with Crippen LogP contribution in [0.5, 0.6) is 0 Å². The van der Waals surface area contributed by atoms with Crippen molar-refractivity contribution in [2.24, 2.45) is 5.73 Å². The maximum atomic E-state index is 12.8. The van der Waals surface area contributed by atoms with Gasteiger partial charge >= 0.3 is 0 Å². The Morgan fingerprint density at radius 1 is 0.957 bits per heavy atom. The van der Waals surface area contributed by atoms with E-state index in [1.54, 1.807) is 4.90 Å². The highest BCUT2D eigenvalue weighted by molar-refractivity contribution is 5.95. The van der Waals surface area contributed by atoms with Crippen LogP contribution in [0.1, 0.15) is 38.5 Å². The Morgan fingerprint density at radius 3 is 2.13 bits per heavy atom. The van der Waals surface area contributed by atoms with Crippen molar-refractivity contribution in [1.82, 2.24) is 15.1 Å². The quantitative estimate of drug-likeness (QED) is 0.674. The molecule has 3 aliphatic rings. The summed E-state index contributed by atoms with van der Waals surface area (Å²) in [5.41, 5.74) is 5.37. The van der Waals surface area contributed by atoms with E-state index in [9.17, 15) is 19.2 Å². The van der Waals surface area contributed by atoms with Crippen molar-refractivity contribution in [3.05, 3.63) is 0 Å². The minimum Gasteiger partial charge on any atom is -0.368 e. The summed E-state index contributed by atoms with van der Waals surface area (Å²) in [6.07, 6.45) is 3.49. The molecule has 3 rings (SSSR count). The number of carbonyl (C=O) groups excluding carboxylic acids is 4. The minimum atomic E-state index is -0.564. The van der Waals surface area contributed by atoms with Crippen LogP contribution < -0.4 is 11.1 Å². The van der Waals surface area contributed by atoms with Crippen molar-refractivity contribution in [2.45, 2.75) is 56.7 Å². The van der Waals surface area contributed by atoms with Crippen molar-refractivity contribution >= 4 is 23.6 Å². The Morgan fingerprint density at radius 2 is 1.57 bits per heavy atom. The molecule has 23 heavy (non-hydrogen) atoms. The topological polar surface area (TPSA) is 113 Å². The minimum absolute atomic E-state index is 0.126. The molecule has 0 aromatic carbocycles. The summed E-state index contributed by atoms with van der Waals surface area (Å²) < 4.78 is 0. The van der Waals surface area contributed by atoms with Gasteiger partial charge in [0.05, 0.1) is 0 Å². The number of rotatable bonds is 3. The molecule has 0 aromatic heterocycles. The lowest BCUT2D eigenvalue weighted by Crippen LogP contribution is -2.54. The maximum absolute atomic E-state index is 12.8. The van der Waals surface area contributed by atoms with Crippen LogP contribution in [0.25, 0.3) is 0 Å². The summed E-state index contributed by atoms with van der Waals surface area (Å²) >= 11 is 0. The molecule has 8 heteroatoms. The van der Waals surface area contributed by atoms with E-state index in [0.717, 1.165) is 12.8 Å². The fourth-order valence-electron chi connectivity index (χ4n) is 3.80. The Balaban J connectivity index is 1.71. The highest BCUT2D eigenvalue weighted by Gasteiger charge is 2.43. The van der Waals surface area contributed by atoms with Crippen LogP contribution in [0.4, 0.5) is 0 Å². The summed E-state index contributed by atoms with van der Waals surface area (Å²) in [5.74, 6) is -1.00. The molecule has 3 saturated heterocycles. The molecule has 3 fully saturated rings. The third kappa shape index (κ3) is 2.89. The average molecular weight is 322 g/mol. The standard InChI is InChI=1S/C15H22N4O4/c16-13(21)10-3-1-7-18(10)15(23)11-4-2-8-19(11)14(22)9-5-6-12(20)17-9/h9-11H,1-8H2,(H2,16,21)(H,17,20)/t9-,10+,11+/m1/s1. The molecule has 0 aliphatic carbocycles. The van der Waals surface area contributed by atoms with Crippen LogP contribution in [0.15, 0.2) is 0 Å². The molecule has 3 heterocycles. The Labute approximate surface area is 134 Å². The van der Waals surface area contributed by atoms with Gasteiger partial charge in [-0.05, 0) is 32.1 Å². The lowest BCUT2D eigenvalue weighted by molar-refractivity contribution is -0.147. The lowest BCUT2D eigenvalue weighted by Gasteiger charge is -2.31. The van der Waals surface area contributed by atoms with Gasteiger partial charge in [-0.25, -0.2) is 0 Å². The van der Waals surface area contributed by atoms with Crippen molar-refractivity contribution in [3.63, 3.8) is 0 Å². The first-order valence-corrected chi connectivity index (χ1v) is 8.18. The molecule has 0 bridgehead atoms. The fourth-order valence-corrected chi connectivity index (χ4v) is 3.80. The zero-order valence-electron chi connectivity index (χ0n) is 13.0. The number of nitrogens with two attached hydrogens (primary N) is 1. The second-order valence-corrected chi connectivity index (χ2v) is 6.44. The van der Waals surface area contributed by atoms with Crippen LogP contribution in [-0.4, -0.2) is 64.6 Å². The average Bonchev–Trinajstić information content (AvgIpc) is 3.25. The number of nitrogens with one attached hydrogen (secondary N) is 1. The highest BCUT2D eigenvalue weighted by atomic mass is 16.2. The summed E-state index contributed by atoms with van der Waals surface area (Å²) in [5, 5.41) is 2.66. The third-order valence-electron chi connectivity index (χ3n) is 4.98. The van der Waals surface area contributed by atoms with Gasteiger partial charge in [0.1, 0.15) is 18.1 Å². The van der Waals surface area contributed by atoms with Crippen molar-refractivity contribution in [3.8, 4) is 0 Å². The van der Waals surface area contributed by atoms with Gasteiger partial charge in [-0.1, -0.05) is 0 Å². The molecular weight excluding hydrogens is 300 g/mol. The van der Waals surface area contributed by atoms with E-state index in [0.29, 0.717) is 38.8 Å². The van der Waals surface area contributed by atoms with Crippen molar-refractivity contribution in [2.75, 3.05) is 13.1 Å². The Hall–Kier alpha value is -2.12. The molecule has 3 aliphatic heterocycles. The van der Waals surface area contributed by atoms with Gasteiger partial charge in [0.15, 0.2) is 0 Å². The lowest BCUT2D eigenvalue weighted by atomic mass is 10.1. The monoisotopic (exact) mass is 322 g/mol. The molecule has 0 aromatic rings. The summed E-state index contributed by atoms with van der Waals surface area (Å²) in [6, 6.07) is -1.63. The summed E-state index contributed by atoms with van der Waals surface area (Å²) in [4.78, 5) is 51.3. The summed E-state index contributed by atoms with van der Waals surface area (Å²) in [7, 11) is 0.